The molecule has 0 aromatic heterocycles. The fraction of sp³-hybridized carbons (Fsp3) is 0.296. The topological polar surface area (TPSA) is 27.1 Å². The summed E-state index contributed by atoms with van der Waals surface area (Å²) in [5.74, 6) is 0. The third kappa shape index (κ3) is 3.37. The van der Waals surface area contributed by atoms with Gasteiger partial charge in [-0.05, 0) is 58.7 Å². The number of nitrogens with one attached hydrogen (secondary N) is 1. The summed E-state index contributed by atoms with van der Waals surface area (Å²) in [5, 5.41) is 8.03. The maximum absolute atomic E-state index is 8.03. The van der Waals surface area contributed by atoms with Crippen LogP contribution in [0, 0.1) is 5.41 Å². The van der Waals surface area contributed by atoms with Crippen LogP contribution in [0.2, 0.25) is 0 Å². The summed E-state index contributed by atoms with van der Waals surface area (Å²) >= 11 is 0. The SMILES string of the molecule is C=C(C1=CC=CCC1)c1ccc2c(c1)C(C)(C)c1ccccc1N(C)C(C=N)C2. The van der Waals surface area contributed by atoms with Crippen LogP contribution in [0.5, 0.6) is 0 Å². The lowest BCUT2D eigenvalue weighted by molar-refractivity contribution is 0.609. The molecule has 0 amide bonds. The minimum Gasteiger partial charge on any atom is -0.366 e. The van der Waals surface area contributed by atoms with Gasteiger partial charge in [0.25, 0.3) is 0 Å². The van der Waals surface area contributed by atoms with Crippen molar-refractivity contribution in [2.45, 2.75) is 44.6 Å². The van der Waals surface area contributed by atoms with E-state index in [1.807, 2.05) is 0 Å². The molecule has 0 fully saturated rings. The number of para-hydroxylation sites is 1. The summed E-state index contributed by atoms with van der Waals surface area (Å²) < 4.78 is 0. The summed E-state index contributed by atoms with van der Waals surface area (Å²) in [5.41, 5.74) is 8.70. The third-order valence-corrected chi connectivity index (χ3v) is 6.61. The first kappa shape index (κ1) is 19.4. The predicted octanol–water partition coefficient (Wildman–Crippen LogP) is 6.31. The van der Waals surface area contributed by atoms with Crippen LogP contribution in [0.25, 0.3) is 5.57 Å². The molecule has 0 saturated heterocycles. The van der Waals surface area contributed by atoms with Crippen molar-refractivity contribution in [3.05, 3.63) is 95.1 Å². The molecule has 0 spiro atoms. The number of anilines is 1. The largest absolute Gasteiger partial charge is 0.366 e. The van der Waals surface area contributed by atoms with Gasteiger partial charge in [-0.2, -0.15) is 0 Å². The Balaban J connectivity index is 1.87. The van der Waals surface area contributed by atoms with E-state index in [4.69, 9.17) is 5.41 Å². The maximum Gasteiger partial charge on any atom is 0.0674 e. The van der Waals surface area contributed by atoms with Crippen molar-refractivity contribution in [1.29, 1.82) is 5.41 Å². The van der Waals surface area contributed by atoms with Gasteiger partial charge in [0.05, 0.1) is 6.04 Å². The van der Waals surface area contributed by atoms with E-state index >= 15 is 0 Å². The molecule has 1 unspecified atom stereocenters. The average molecular weight is 383 g/mol. The van der Waals surface area contributed by atoms with Crippen molar-refractivity contribution in [3.8, 4) is 0 Å². The van der Waals surface area contributed by atoms with Gasteiger partial charge in [-0.25, -0.2) is 0 Å². The summed E-state index contributed by atoms with van der Waals surface area (Å²) in [6, 6.07) is 15.5. The highest BCUT2D eigenvalue weighted by Crippen LogP contribution is 2.42. The van der Waals surface area contributed by atoms with Gasteiger partial charge >= 0.3 is 0 Å². The number of hydrogen-bond acceptors (Lipinski definition) is 2. The minimum absolute atomic E-state index is 0.0474. The number of rotatable bonds is 3. The number of benzene rings is 2. The molecule has 0 saturated carbocycles. The first-order valence-corrected chi connectivity index (χ1v) is 10.4. The molecule has 1 aliphatic carbocycles. The fourth-order valence-electron chi connectivity index (χ4n) is 4.73. The predicted molar refractivity (Wildman–Crippen MR) is 125 cm³/mol. The average Bonchev–Trinajstić information content (AvgIpc) is 2.76. The molecular weight excluding hydrogens is 352 g/mol. The molecule has 1 heterocycles. The number of fused-ring (bicyclic) bond motifs is 2. The summed E-state index contributed by atoms with van der Waals surface area (Å²) in [6.45, 7) is 9.06. The van der Waals surface area contributed by atoms with Gasteiger partial charge in [0, 0.05) is 24.4 Å². The van der Waals surface area contributed by atoms with E-state index in [2.05, 4.69) is 93.1 Å². The van der Waals surface area contributed by atoms with Gasteiger partial charge in [-0.15, -0.1) is 0 Å². The standard InChI is InChI=1S/C27H30N2/c1-19(20-10-6-5-7-11-20)21-14-15-22-16-23(18-28)29(4)26-13-9-8-12-24(26)27(2,3)25(22)17-21/h5-6,8-10,12-15,17-18,23,28H,1,7,11,16H2,2-4H3. The van der Waals surface area contributed by atoms with E-state index < -0.39 is 0 Å². The number of nitrogens with zero attached hydrogens (tertiary/aromatic N) is 1. The number of allylic oxidation sites excluding steroid dienone is 5. The molecule has 2 aliphatic rings. The first-order chi connectivity index (χ1) is 13.9. The Hall–Kier alpha value is -2.87. The molecule has 2 nitrogen and oxygen atoms in total. The van der Waals surface area contributed by atoms with Crippen LogP contribution < -0.4 is 4.90 Å². The molecule has 2 aromatic carbocycles. The van der Waals surface area contributed by atoms with E-state index in [-0.39, 0.29) is 11.5 Å². The van der Waals surface area contributed by atoms with E-state index in [0.29, 0.717) is 0 Å². The van der Waals surface area contributed by atoms with Crippen LogP contribution >= 0.6 is 0 Å². The van der Waals surface area contributed by atoms with Crippen LogP contribution in [0.1, 0.15) is 48.9 Å². The van der Waals surface area contributed by atoms with Gasteiger partial charge < -0.3 is 10.3 Å². The molecule has 1 atom stereocenters. The summed E-state index contributed by atoms with van der Waals surface area (Å²) in [4.78, 5) is 2.25. The van der Waals surface area contributed by atoms with E-state index in [9.17, 15) is 0 Å². The van der Waals surface area contributed by atoms with Crippen molar-refractivity contribution in [1.82, 2.24) is 0 Å². The van der Waals surface area contributed by atoms with Crippen molar-refractivity contribution < 1.29 is 0 Å². The van der Waals surface area contributed by atoms with E-state index in [1.165, 1.54) is 33.5 Å². The number of likely N-dealkylation sites (N-methyl/N-ethyl adjacent to an activating group) is 1. The quantitative estimate of drug-likeness (QED) is 0.619. The monoisotopic (exact) mass is 382 g/mol. The normalized spacial score (nSPS) is 20.0. The maximum atomic E-state index is 8.03. The van der Waals surface area contributed by atoms with E-state index in [0.717, 1.165) is 24.8 Å². The molecular formula is C27H30N2. The lowest BCUT2D eigenvalue weighted by Crippen LogP contribution is -2.39. The second kappa shape index (κ2) is 7.51. The first-order valence-electron chi connectivity index (χ1n) is 10.4. The molecule has 4 rings (SSSR count). The fourth-order valence-corrected chi connectivity index (χ4v) is 4.73. The van der Waals surface area contributed by atoms with Crippen molar-refractivity contribution in [2.75, 3.05) is 11.9 Å². The van der Waals surface area contributed by atoms with E-state index in [1.54, 1.807) is 6.21 Å². The van der Waals surface area contributed by atoms with Gasteiger partial charge in [0.2, 0.25) is 0 Å². The van der Waals surface area contributed by atoms with Crippen molar-refractivity contribution in [2.24, 2.45) is 0 Å². The Labute approximate surface area is 174 Å². The minimum atomic E-state index is -0.135. The summed E-state index contributed by atoms with van der Waals surface area (Å²) in [6.07, 6.45) is 11.1. The zero-order valence-corrected chi connectivity index (χ0v) is 17.7. The Morgan fingerprint density at radius 3 is 2.69 bits per heavy atom. The van der Waals surface area contributed by atoms with Crippen LogP contribution in [-0.2, 0) is 11.8 Å². The highest BCUT2D eigenvalue weighted by Gasteiger charge is 2.33. The Bertz CT molecular complexity index is 1020. The highest BCUT2D eigenvalue weighted by atomic mass is 15.1. The third-order valence-electron chi connectivity index (χ3n) is 6.61. The zero-order chi connectivity index (χ0) is 20.6. The Morgan fingerprint density at radius 2 is 1.97 bits per heavy atom. The molecule has 0 bridgehead atoms. The highest BCUT2D eigenvalue weighted by molar-refractivity contribution is 5.79. The molecule has 1 aliphatic heterocycles. The second-order valence-electron chi connectivity index (χ2n) is 8.70. The van der Waals surface area contributed by atoms with Gasteiger partial charge in [-0.1, -0.05) is 75.1 Å². The molecule has 1 N–H and O–H groups in total. The van der Waals surface area contributed by atoms with Crippen LogP contribution in [0.3, 0.4) is 0 Å². The summed E-state index contributed by atoms with van der Waals surface area (Å²) in [7, 11) is 2.11. The van der Waals surface area contributed by atoms with Crippen LogP contribution in [0.4, 0.5) is 5.69 Å². The molecule has 29 heavy (non-hydrogen) atoms. The lowest BCUT2D eigenvalue weighted by Gasteiger charge is -2.39. The Kier molecular flexibility index (Phi) is 5.04. The number of hydrogen-bond donors (Lipinski definition) is 1. The lowest BCUT2D eigenvalue weighted by atomic mass is 9.72. The van der Waals surface area contributed by atoms with Crippen LogP contribution in [0.15, 0.2) is 72.8 Å². The van der Waals surface area contributed by atoms with Gasteiger partial charge in [0.1, 0.15) is 0 Å². The molecule has 0 radical (unpaired) electrons. The van der Waals surface area contributed by atoms with Gasteiger partial charge in [0.15, 0.2) is 0 Å². The van der Waals surface area contributed by atoms with Gasteiger partial charge in [-0.3, -0.25) is 0 Å². The molecule has 2 heteroatoms. The molecule has 2 aromatic rings. The van der Waals surface area contributed by atoms with Crippen molar-refractivity contribution >= 4 is 17.5 Å². The zero-order valence-electron chi connectivity index (χ0n) is 17.7. The van der Waals surface area contributed by atoms with Crippen LogP contribution in [-0.4, -0.2) is 19.3 Å². The van der Waals surface area contributed by atoms with Crippen molar-refractivity contribution in [3.63, 3.8) is 0 Å². The second-order valence-corrected chi connectivity index (χ2v) is 8.70. The molecule has 148 valence electrons. The Morgan fingerprint density at radius 1 is 1.17 bits per heavy atom. The smallest absolute Gasteiger partial charge is 0.0674 e.